The van der Waals surface area contributed by atoms with E-state index in [9.17, 15) is 18.0 Å². The van der Waals surface area contributed by atoms with Crippen LogP contribution in [0.4, 0.5) is 13.2 Å². The van der Waals surface area contributed by atoms with Gasteiger partial charge in [0.1, 0.15) is 6.04 Å². The maximum atomic E-state index is 12.7. The van der Waals surface area contributed by atoms with Crippen molar-refractivity contribution < 1.29 is 18.0 Å². The maximum absolute atomic E-state index is 12.7. The minimum absolute atomic E-state index is 0.0952. The fraction of sp³-hybridized carbons (Fsp3) is 0.933. The molecule has 0 bridgehead atoms. The SMILES string of the molecule is CC(N1CCN(C(=O)CCC2CCNCC2)CC1)C(F)(F)F. The van der Waals surface area contributed by atoms with E-state index >= 15 is 0 Å². The van der Waals surface area contributed by atoms with E-state index < -0.39 is 12.2 Å². The number of nitrogens with zero attached hydrogens (tertiary/aromatic N) is 2. The number of carbonyl (C=O) groups excluding carboxylic acids is 1. The standard InChI is InChI=1S/C15H26F3N3O/c1-12(15(16,17)18)20-8-10-21(11-9-20)14(22)3-2-13-4-6-19-7-5-13/h12-13,19H,2-11H2,1H3. The minimum atomic E-state index is -4.19. The van der Waals surface area contributed by atoms with Crippen molar-refractivity contribution in [2.24, 2.45) is 5.92 Å². The van der Waals surface area contributed by atoms with Gasteiger partial charge in [0.05, 0.1) is 0 Å². The molecule has 7 heteroatoms. The molecule has 2 aliphatic heterocycles. The number of alkyl halides is 3. The molecule has 1 unspecified atom stereocenters. The zero-order chi connectivity index (χ0) is 16.2. The molecule has 0 aliphatic carbocycles. The Morgan fingerprint density at radius 1 is 1.18 bits per heavy atom. The fourth-order valence-electron chi connectivity index (χ4n) is 3.22. The van der Waals surface area contributed by atoms with E-state index in [-0.39, 0.29) is 5.91 Å². The van der Waals surface area contributed by atoms with Gasteiger partial charge in [-0.05, 0) is 45.2 Å². The molecule has 2 rings (SSSR count). The number of rotatable bonds is 4. The highest BCUT2D eigenvalue weighted by atomic mass is 19.4. The quantitative estimate of drug-likeness (QED) is 0.858. The molecule has 22 heavy (non-hydrogen) atoms. The molecule has 1 amide bonds. The van der Waals surface area contributed by atoms with E-state index in [0.29, 0.717) is 38.5 Å². The van der Waals surface area contributed by atoms with Crippen molar-refractivity contribution >= 4 is 5.91 Å². The summed E-state index contributed by atoms with van der Waals surface area (Å²) >= 11 is 0. The molecule has 1 atom stereocenters. The molecule has 0 saturated carbocycles. The summed E-state index contributed by atoms with van der Waals surface area (Å²) in [5.41, 5.74) is 0. The molecule has 4 nitrogen and oxygen atoms in total. The van der Waals surface area contributed by atoms with Gasteiger partial charge in [0.2, 0.25) is 5.91 Å². The van der Waals surface area contributed by atoms with Crippen molar-refractivity contribution in [2.75, 3.05) is 39.3 Å². The van der Waals surface area contributed by atoms with Crippen LogP contribution in [0.3, 0.4) is 0 Å². The normalized spacial score (nSPS) is 23.5. The van der Waals surface area contributed by atoms with E-state index in [1.165, 1.54) is 11.8 Å². The molecular formula is C15H26F3N3O. The molecule has 0 radical (unpaired) electrons. The van der Waals surface area contributed by atoms with Gasteiger partial charge < -0.3 is 10.2 Å². The largest absolute Gasteiger partial charge is 0.403 e. The van der Waals surface area contributed by atoms with E-state index in [0.717, 1.165) is 32.4 Å². The summed E-state index contributed by atoms with van der Waals surface area (Å²) in [6, 6.07) is -1.43. The van der Waals surface area contributed by atoms with Crippen LogP contribution in [0, 0.1) is 5.92 Å². The van der Waals surface area contributed by atoms with Crippen molar-refractivity contribution in [1.82, 2.24) is 15.1 Å². The molecular weight excluding hydrogens is 295 g/mol. The van der Waals surface area contributed by atoms with Crippen molar-refractivity contribution in [2.45, 2.75) is 44.8 Å². The smallest absolute Gasteiger partial charge is 0.340 e. The lowest BCUT2D eigenvalue weighted by atomic mass is 9.93. The number of amides is 1. The van der Waals surface area contributed by atoms with Gasteiger partial charge in [-0.3, -0.25) is 9.69 Å². The van der Waals surface area contributed by atoms with Crippen LogP contribution in [0.5, 0.6) is 0 Å². The summed E-state index contributed by atoms with van der Waals surface area (Å²) in [7, 11) is 0. The third kappa shape index (κ3) is 4.84. The van der Waals surface area contributed by atoms with Crippen molar-refractivity contribution in [3.05, 3.63) is 0 Å². The predicted molar refractivity (Wildman–Crippen MR) is 78.5 cm³/mol. The van der Waals surface area contributed by atoms with Crippen molar-refractivity contribution in [1.29, 1.82) is 0 Å². The van der Waals surface area contributed by atoms with Gasteiger partial charge in [-0.1, -0.05) is 0 Å². The Morgan fingerprint density at radius 2 is 1.77 bits per heavy atom. The lowest BCUT2D eigenvalue weighted by Crippen LogP contribution is -2.54. The second kappa shape index (κ2) is 7.64. The number of hydrogen-bond donors (Lipinski definition) is 1. The van der Waals surface area contributed by atoms with Gasteiger partial charge in [0.15, 0.2) is 0 Å². The first kappa shape index (κ1) is 17.5. The van der Waals surface area contributed by atoms with Crippen LogP contribution in [0.25, 0.3) is 0 Å². The monoisotopic (exact) mass is 321 g/mol. The number of piperidine rings is 1. The summed E-state index contributed by atoms with van der Waals surface area (Å²) in [6.45, 7) is 4.66. The Hall–Kier alpha value is -0.820. The Kier molecular flexibility index (Phi) is 6.09. The first-order chi connectivity index (χ1) is 10.4. The van der Waals surface area contributed by atoms with Gasteiger partial charge in [-0.15, -0.1) is 0 Å². The molecule has 2 saturated heterocycles. The van der Waals surface area contributed by atoms with E-state index in [1.807, 2.05) is 0 Å². The highest BCUT2D eigenvalue weighted by molar-refractivity contribution is 5.76. The summed E-state index contributed by atoms with van der Waals surface area (Å²) < 4.78 is 38.1. The Labute approximate surface area is 130 Å². The average molecular weight is 321 g/mol. The first-order valence-corrected chi connectivity index (χ1v) is 8.17. The predicted octanol–water partition coefficient (Wildman–Crippen LogP) is 1.86. The molecule has 0 aromatic heterocycles. The lowest BCUT2D eigenvalue weighted by Gasteiger charge is -2.38. The van der Waals surface area contributed by atoms with Gasteiger partial charge in [0, 0.05) is 32.6 Å². The van der Waals surface area contributed by atoms with E-state index in [2.05, 4.69) is 5.32 Å². The van der Waals surface area contributed by atoms with Crippen LogP contribution in [0.15, 0.2) is 0 Å². The zero-order valence-corrected chi connectivity index (χ0v) is 13.2. The average Bonchev–Trinajstić information content (AvgIpc) is 2.52. The molecule has 0 aromatic carbocycles. The molecule has 0 spiro atoms. The van der Waals surface area contributed by atoms with Gasteiger partial charge in [0.25, 0.3) is 0 Å². The summed E-state index contributed by atoms with van der Waals surface area (Å²) in [5.74, 6) is 0.703. The van der Waals surface area contributed by atoms with Gasteiger partial charge >= 0.3 is 6.18 Å². The Balaban J connectivity index is 1.70. The topological polar surface area (TPSA) is 35.6 Å². The van der Waals surface area contributed by atoms with Crippen LogP contribution in [-0.4, -0.2) is 67.2 Å². The molecule has 0 aromatic rings. The van der Waals surface area contributed by atoms with Crippen LogP contribution in [0.1, 0.15) is 32.6 Å². The number of carbonyl (C=O) groups is 1. The third-order valence-electron chi connectivity index (χ3n) is 4.91. The summed E-state index contributed by atoms with van der Waals surface area (Å²) in [6.07, 6.45) is -0.533. The van der Waals surface area contributed by atoms with Gasteiger partial charge in [-0.25, -0.2) is 0 Å². The van der Waals surface area contributed by atoms with Crippen molar-refractivity contribution in [3.63, 3.8) is 0 Å². The van der Waals surface area contributed by atoms with Crippen LogP contribution < -0.4 is 5.32 Å². The Morgan fingerprint density at radius 3 is 2.32 bits per heavy atom. The number of halogens is 3. The molecule has 2 fully saturated rings. The fourth-order valence-corrected chi connectivity index (χ4v) is 3.22. The maximum Gasteiger partial charge on any atom is 0.403 e. The number of hydrogen-bond acceptors (Lipinski definition) is 3. The van der Waals surface area contributed by atoms with Crippen LogP contribution in [0.2, 0.25) is 0 Å². The number of nitrogens with one attached hydrogen (secondary N) is 1. The van der Waals surface area contributed by atoms with E-state index in [4.69, 9.17) is 0 Å². The second-order valence-electron chi connectivity index (χ2n) is 6.37. The van der Waals surface area contributed by atoms with Gasteiger partial charge in [-0.2, -0.15) is 13.2 Å². The third-order valence-corrected chi connectivity index (χ3v) is 4.91. The van der Waals surface area contributed by atoms with Crippen LogP contribution in [-0.2, 0) is 4.79 Å². The lowest BCUT2D eigenvalue weighted by molar-refractivity contribution is -0.183. The second-order valence-corrected chi connectivity index (χ2v) is 6.37. The molecule has 1 N–H and O–H groups in total. The minimum Gasteiger partial charge on any atom is -0.340 e. The summed E-state index contributed by atoms with van der Waals surface area (Å²) in [4.78, 5) is 15.3. The van der Waals surface area contributed by atoms with E-state index in [1.54, 1.807) is 4.90 Å². The molecule has 128 valence electrons. The van der Waals surface area contributed by atoms with Crippen LogP contribution >= 0.6 is 0 Å². The first-order valence-electron chi connectivity index (χ1n) is 8.17. The molecule has 2 aliphatic rings. The Bertz CT molecular complexity index is 362. The summed E-state index contributed by atoms with van der Waals surface area (Å²) in [5, 5.41) is 3.30. The zero-order valence-electron chi connectivity index (χ0n) is 13.2. The highest BCUT2D eigenvalue weighted by Crippen LogP contribution is 2.25. The van der Waals surface area contributed by atoms with Crippen molar-refractivity contribution in [3.8, 4) is 0 Å². The molecule has 2 heterocycles. The number of piperazine rings is 1. The highest BCUT2D eigenvalue weighted by Gasteiger charge is 2.41.